The van der Waals surface area contributed by atoms with Gasteiger partial charge in [0.25, 0.3) is 5.91 Å². The summed E-state index contributed by atoms with van der Waals surface area (Å²) >= 11 is 0. The van der Waals surface area contributed by atoms with E-state index in [1.165, 1.54) is 0 Å². The van der Waals surface area contributed by atoms with E-state index >= 15 is 0 Å². The molecule has 8 nitrogen and oxygen atoms in total. The van der Waals surface area contributed by atoms with Crippen LogP contribution >= 0.6 is 0 Å². The molecule has 26 heavy (non-hydrogen) atoms. The standard InChI is InChI=1S/C18H19N5O3/c24-18(17-21-14-5-3-8-20-16(14)23-17)22-13-6-9-25-11-15(13)26-10-12-4-1-2-7-19-12/h1-5,7-8,13,15H,6,9-11H2,(H,22,24)(H,20,21,23)/t13-,15-/m1/s1. The molecule has 0 aliphatic carbocycles. The van der Waals surface area contributed by atoms with E-state index in [9.17, 15) is 4.79 Å². The molecule has 0 aromatic carbocycles. The summed E-state index contributed by atoms with van der Waals surface area (Å²) in [4.78, 5) is 28.2. The number of nitrogens with one attached hydrogen (secondary N) is 2. The smallest absolute Gasteiger partial charge is 0.287 e. The summed E-state index contributed by atoms with van der Waals surface area (Å²) in [5.74, 6) is -0.0324. The van der Waals surface area contributed by atoms with Gasteiger partial charge in [-0.3, -0.25) is 9.78 Å². The van der Waals surface area contributed by atoms with Crippen molar-refractivity contribution in [3.8, 4) is 0 Å². The number of carbonyl (C=O) groups is 1. The van der Waals surface area contributed by atoms with Gasteiger partial charge in [-0.1, -0.05) is 6.07 Å². The van der Waals surface area contributed by atoms with Crippen LogP contribution in [0.5, 0.6) is 0 Å². The molecule has 3 aromatic heterocycles. The molecule has 2 N–H and O–H groups in total. The summed E-state index contributed by atoms with van der Waals surface area (Å²) in [5, 5.41) is 3.00. The Labute approximate surface area is 150 Å². The minimum Gasteiger partial charge on any atom is -0.379 e. The predicted octanol–water partition coefficient (Wildman–Crippen LogP) is 1.46. The third-order valence-electron chi connectivity index (χ3n) is 4.26. The molecule has 4 rings (SSSR count). The fraction of sp³-hybridized carbons (Fsp3) is 0.333. The molecule has 2 atom stereocenters. The maximum atomic E-state index is 12.6. The third-order valence-corrected chi connectivity index (χ3v) is 4.26. The van der Waals surface area contributed by atoms with E-state index in [4.69, 9.17) is 9.47 Å². The zero-order valence-electron chi connectivity index (χ0n) is 14.1. The van der Waals surface area contributed by atoms with Crippen LogP contribution in [0.1, 0.15) is 22.7 Å². The zero-order chi connectivity index (χ0) is 17.8. The van der Waals surface area contributed by atoms with Crippen LogP contribution in [0.3, 0.4) is 0 Å². The number of hydrogen-bond donors (Lipinski definition) is 2. The van der Waals surface area contributed by atoms with Crippen molar-refractivity contribution in [2.24, 2.45) is 0 Å². The number of carbonyl (C=O) groups excluding carboxylic acids is 1. The second-order valence-electron chi connectivity index (χ2n) is 6.07. The lowest BCUT2D eigenvalue weighted by Crippen LogP contribution is -2.50. The molecular weight excluding hydrogens is 334 g/mol. The van der Waals surface area contributed by atoms with E-state index in [0.29, 0.717) is 31.9 Å². The summed E-state index contributed by atoms with van der Waals surface area (Å²) in [6, 6.07) is 9.15. The summed E-state index contributed by atoms with van der Waals surface area (Å²) in [6.45, 7) is 1.38. The lowest BCUT2D eigenvalue weighted by atomic mass is 10.1. The molecule has 4 heterocycles. The number of fused-ring (bicyclic) bond motifs is 1. The van der Waals surface area contributed by atoms with Gasteiger partial charge in [0.15, 0.2) is 11.5 Å². The predicted molar refractivity (Wildman–Crippen MR) is 93.4 cm³/mol. The molecule has 134 valence electrons. The maximum absolute atomic E-state index is 12.6. The Hall–Kier alpha value is -2.84. The molecule has 3 aromatic rings. The van der Waals surface area contributed by atoms with Gasteiger partial charge in [0.1, 0.15) is 6.10 Å². The second kappa shape index (κ2) is 7.59. The van der Waals surface area contributed by atoms with Crippen LogP contribution in [0.4, 0.5) is 0 Å². The highest BCUT2D eigenvalue weighted by atomic mass is 16.5. The van der Waals surface area contributed by atoms with E-state index in [0.717, 1.165) is 11.2 Å². The van der Waals surface area contributed by atoms with Gasteiger partial charge >= 0.3 is 0 Å². The average molecular weight is 353 g/mol. The highest BCUT2D eigenvalue weighted by Crippen LogP contribution is 2.15. The summed E-state index contributed by atoms with van der Waals surface area (Å²) < 4.78 is 11.4. The van der Waals surface area contributed by atoms with Crippen molar-refractivity contribution in [2.75, 3.05) is 13.2 Å². The number of aromatic amines is 1. The van der Waals surface area contributed by atoms with Crippen LogP contribution in [0, 0.1) is 0 Å². The van der Waals surface area contributed by atoms with E-state index in [1.807, 2.05) is 24.3 Å². The SMILES string of the molecule is O=C(N[C@@H]1CCOC[C@H]1OCc1ccccn1)c1nc2ncccc2[nH]1. The Balaban J connectivity index is 1.41. The van der Waals surface area contributed by atoms with E-state index in [2.05, 4.69) is 25.3 Å². The van der Waals surface area contributed by atoms with E-state index in [-0.39, 0.29) is 23.9 Å². The highest BCUT2D eigenvalue weighted by molar-refractivity contribution is 5.93. The molecule has 1 amide bonds. The zero-order valence-corrected chi connectivity index (χ0v) is 14.1. The molecule has 0 spiro atoms. The fourth-order valence-corrected chi connectivity index (χ4v) is 2.91. The molecule has 0 radical (unpaired) electrons. The van der Waals surface area contributed by atoms with Gasteiger partial charge in [-0.2, -0.15) is 0 Å². The second-order valence-corrected chi connectivity index (χ2v) is 6.07. The van der Waals surface area contributed by atoms with Crippen molar-refractivity contribution in [3.05, 3.63) is 54.2 Å². The number of H-pyrrole nitrogens is 1. The number of hydrogen-bond acceptors (Lipinski definition) is 6. The van der Waals surface area contributed by atoms with Gasteiger partial charge in [0.2, 0.25) is 0 Å². The van der Waals surface area contributed by atoms with Crippen molar-refractivity contribution in [3.63, 3.8) is 0 Å². The normalized spacial score (nSPS) is 20.2. The number of ether oxygens (including phenoxy) is 2. The first-order chi connectivity index (χ1) is 12.8. The molecule has 1 aliphatic rings. The molecule has 1 aliphatic heterocycles. The first-order valence-electron chi connectivity index (χ1n) is 8.50. The molecule has 1 saturated heterocycles. The van der Waals surface area contributed by atoms with Crippen molar-refractivity contribution in [1.29, 1.82) is 0 Å². The number of amides is 1. The van der Waals surface area contributed by atoms with Gasteiger partial charge in [0.05, 0.1) is 30.5 Å². The summed E-state index contributed by atoms with van der Waals surface area (Å²) in [7, 11) is 0. The number of rotatable bonds is 5. The first-order valence-corrected chi connectivity index (χ1v) is 8.50. The Kier molecular flexibility index (Phi) is 4.85. The highest BCUT2D eigenvalue weighted by Gasteiger charge is 2.29. The Morgan fingerprint density at radius 1 is 1.27 bits per heavy atom. The fourth-order valence-electron chi connectivity index (χ4n) is 2.91. The Morgan fingerprint density at radius 3 is 3.04 bits per heavy atom. The van der Waals surface area contributed by atoms with Crippen molar-refractivity contribution in [1.82, 2.24) is 25.3 Å². The number of imidazole rings is 1. The van der Waals surface area contributed by atoms with Gasteiger partial charge < -0.3 is 19.8 Å². The third kappa shape index (κ3) is 3.71. The lowest BCUT2D eigenvalue weighted by Gasteiger charge is -2.31. The van der Waals surface area contributed by atoms with Gasteiger partial charge in [-0.25, -0.2) is 9.97 Å². The first kappa shape index (κ1) is 16.6. The van der Waals surface area contributed by atoms with Crippen LogP contribution < -0.4 is 5.32 Å². The van der Waals surface area contributed by atoms with Crippen LogP contribution in [0.25, 0.3) is 11.2 Å². The molecule has 8 heteroatoms. The minimum atomic E-state index is -0.277. The largest absolute Gasteiger partial charge is 0.379 e. The number of pyridine rings is 2. The minimum absolute atomic E-state index is 0.152. The van der Waals surface area contributed by atoms with Gasteiger partial charge in [0, 0.05) is 19.0 Å². The molecular formula is C18H19N5O3. The maximum Gasteiger partial charge on any atom is 0.287 e. The molecule has 0 bridgehead atoms. The summed E-state index contributed by atoms with van der Waals surface area (Å²) in [5.41, 5.74) is 2.09. The van der Waals surface area contributed by atoms with Crippen LogP contribution in [-0.2, 0) is 16.1 Å². The van der Waals surface area contributed by atoms with E-state index < -0.39 is 0 Å². The quantitative estimate of drug-likeness (QED) is 0.720. The monoisotopic (exact) mass is 353 g/mol. The van der Waals surface area contributed by atoms with Crippen molar-refractivity contribution in [2.45, 2.75) is 25.2 Å². The lowest BCUT2D eigenvalue weighted by molar-refractivity contribution is -0.0743. The van der Waals surface area contributed by atoms with Crippen LogP contribution in [0.2, 0.25) is 0 Å². The Morgan fingerprint density at radius 2 is 2.19 bits per heavy atom. The Bertz CT molecular complexity index is 850. The molecule has 1 fully saturated rings. The van der Waals surface area contributed by atoms with E-state index in [1.54, 1.807) is 18.5 Å². The number of nitrogens with zero attached hydrogens (tertiary/aromatic N) is 3. The topological polar surface area (TPSA) is 102 Å². The number of aromatic nitrogens is 4. The van der Waals surface area contributed by atoms with Crippen molar-refractivity contribution >= 4 is 17.1 Å². The van der Waals surface area contributed by atoms with Crippen LogP contribution in [-0.4, -0.2) is 51.2 Å². The van der Waals surface area contributed by atoms with Crippen LogP contribution in [0.15, 0.2) is 42.7 Å². The van der Waals surface area contributed by atoms with Gasteiger partial charge in [-0.05, 0) is 30.7 Å². The summed E-state index contributed by atoms with van der Waals surface area (Å²) in [6.07, 6.45) is 3.81. The van der Waals surface area contributed by atoms with Crippen molar-refractivity contribution < 1.29 is 14.3 Å². The molecule has 0 unspecified atom stereocenters. The average Bonchev–Trinajstić information content (AvgIpc) is 3.12. The van der Waals surface area contributed by atoms with Gasteiger partial charge in [-0.15, -0.1) is 0 Å². The molecule has 0 saturated carbocycles.